The minimum Gasteiger partial charge on any atom is -0.320 e. The molecule has 0 unspecified atom stereocenters. The summed E-state index contributed by atoms with van der Waals surface area (Å²) >= 11 is 0. The van der Waals surface area contributed by atoms with E-state index < -0.39 is 5.92 Å². The molecular weight excluding hydrogens is 172 g/mol. The van der Waals surface area contributed by atoms with Gasteiger partial charge in [-0.15, -0.1) is 0 Å². The zero-order valence-corrected chi connectivity index (χ0v) is 7.56. The number of alkyl halides is 2. The van der Waals surface area contributed by atoms with Gasteiger partial charge in [-0.25, -0.2) is 8.78 Å². The Labute approximate surface area is 76.8 Å². The highest BCUT2D eigenvalue weighted by Gasteiger charge is 2.29. The van der Waals surface area contributed by atoms with Crippen LogP contribution in [0.3, 0.4) is 0 Å². The Kier molecular flexibility index (Phi) is 3.37. The van der Waals surface area contributed by atoms with Crippen molar-refractivity contribution in [2.45, 2.75) is 12.3 Å². The standard InChI is InChI=1S/C10H13F2N/c1-13-8-7-10(11,12)9-5-3-2-4-6-9/h2-6,13H,7-8H2,1H3. The molecule has 0 aliphatic heterocycles. The van der Waals surface area contributed by atoms with Gasteiger partial charge in [0.1, 0.15) is 0 Å². The lowest BCUT2D eigenvalue weighted by molar-refractivity contribution is -0.0123. The molecule has 0 heterocycles. The predicted molar refractivity (Wildman–Crippen MR) is 48.9 cm³/mol. The molecule has 0 aliphatic rings. The molecule has 1 N–H and O–H groups in total. The van der Waals surface area contributed by atoms with Gasteiger partial charge >= 0.3 is 0 Å². The third-order valence-corrected chi connectivity index (χ3v) is 1.89. The van der Waals surface area contributed by atoms with Crippen molar-refractivity contribution in [2.75, 3.05) is 13.6 Å². The van der Waals surface area contributed by atoms with E-state index in [9.17, 15) is 8.78 Å². The molecule has 0 fully saturated rings. The van der Waals surface area contributed by atoms with Gasteiger partial charge in [-0.3, -0.25) is 0 Å². The highest BCUT2D eigenvalue weighted by atomic mass is 19.3. The maximum absolute atomic E-state index is 13.3. The van der Waals surface area contributed by atoms with E-state index in [2.05, 4.69) is 5.32 Å². The zero-order valence-electron chi connectivity index (χ0n) is 7.56. The van der Waals surface area contributed by atoms with Gasteiger partial charge in [0.25, 0.3) is 5.92 Å². The van der Waals surface area contributed by atoms with Crippen molar-refractivity contribution < 1.29 is 8.78 Å². The second-order valence-corrected chi connectivity index (χ2v) is 2.92. The van der Waals surface area contributed by atoms with Crippen LogP contribution in [0.2, 0.25) is 0 Å². The van der Waals surface area contributed by atoms with Crippen LogP contribution >= 0.6 is 0 Å². The molecule has 0 saturated heterocycles. The molecule has 1 aromatic carbocycles. The molecule has 0 amide bonds. The summed E-state index contributed by atoms with van der Waals surface area (Å²) in [7, 11) is 1.67. The van der Waals surface area contributed by atoms with Crippen LogP contribution in [0.1, 0.15) is 12.0 Å². The van der Waals surface area contributed by atoms with E-state index in [-0.39, 0.29) is 12.0 Å². The van der Waals surface area contributed by atoms with Crippen molar-refractivity contribution in [1.29, 1.82) is 0 Å². The van der Waals surface area contributed by atoms with Gasteiger partial charge in [-0.2, -0.15) is 0 Å². The van der Waals surface area contributed by atoms with Crippen LogP contribution < -0.4 is 5.32 Å². The van der Waals surface area contributed by atoms with Gasteiger partial charge in [-0.1, -0.05) is 30.3 Å². The minimum atomic E-state index is -2.72. The Morgan fingerprint density at radius 2 is 1.85 bits per heavy atom. The molecule has 0 bridgehead atoms. The van der Waals surface area contributed by atoms with Crippen molar-refractivity contribution >= 4 is 0 Å². The number of hydrogen-bond acceptors (Lipinski definition) is 1. The van der Waals surface area contributed by atoms with Crippen molar-refractivity contribution in [2.24, 2.45) is 0 Å². The van der Waals surface area contributed by atoms with Crippen LogP contribution in [0.5, 0.6) is 0 Å². The van der Waals surface area contributed by atoms with Crippen LogP contribution in [0.25, 0.3) is 0 Å². The number of benzene rings is 1. The summed E-state index contributed by atoms with van der Waals surface area (Å²) in [5.74, 6) is -2.72. The van der Waals surface area contributed by atoms with E-state index in [0.717, 1.165) is 0 Å². The smallest absolute Gasteiger partial charge is 0.274 e. The maximum Gasteiger partial charge on any atom is 0.274 e. The molecule has 0 aliphatic carbocycles. The summed E-state index contributed by atoms with van der Waals surface area (Å²) in [6.07, 6.45) is -0.159. The van der Waals surface area contributed by atoms with E-state index in [4.69, 9.17) is 0 Å². The lowest BCUT2D eigenvalue weighted by Crippen LogP contribution is -2.20. The van der Waals surface area contributed by atoms with Crippen molar-refractivity contribution in [3.05, 3.63) is 35.9 Å². The number of halogens is 2. The van der Waals surface area contributed by atoms with Crippen LogP contribution in [-0.4, -0.2) is 13.6 Å². The summed E-state index contributed by atoms with van der Waals surface area (Å²) < 4.78 is 26.6. The average Bonchev–Trinajstić information content (AvgIpc) is 2.16. The van der Waals surface area contributed by atoms with Crippen LogP contribution in [0.4, 0.5) is 8.78 Å². The topological polar surface area (TPSA) is 12.0 Å². The minimum absolute atomic E-state index is 0.0882. The molecule has 1 rings (SSSR count). The molecule has 13 heavy (non-hydrogen) atoms. The molecule has 0 aromatic heterocycles. The molecule has 0 spiro atoms. The average molecular weight is 185 g/mol. The Morgan fingerprint density at radius 1 is 1.23 bits per heavy atom. The number of rotatable bonds is 4. The largest absolute Gasteiger partial charge is 0.320 e. The molecule has 0 saturated carbocycles. The zero-order chi connectivity index (χ0) is 9.73. The summed E-state index contributed by atoms with van der Waals surface area (Å²) in [4.78, 5) is 0. The molecule has 0 atom stereocenters. The fourth-order valence-electron chi connectivity index (χ4n) is 1.11. The first-order valence-corrected chi connectivity index (χ1v) is 4.25. The first-order valence-electron chi connectivity index (χ1n) is 4.25. The molecule has 1 aromatic rings. The summed E-state index contributed by atoms with van der Waals surface area (Å²) in [5, 5.41) is 2.71. The SMILES string of the molecule is CNCCC(F)(F)c1ccccc1. The predicted octanol–water partition coefficient (Wildman–Crippen LogP) is 2.39. The number of hydrogen-bond donors (Lipinski definition) is 1. The first kappa shape index (κ1) is 10.1. The maximum atomic E-state index is 13.3. The van der Waals surface area contributed by atoms with E-state index >= 15 is 0 Å². The van der Waals surface area contributed by atoms with Crippen LogP contribution in [-0.2, 0) is 5.92 Å². The third-order valence-electron chi connectivity index (χ3n) is 1.89. The van der Waals surface area contributed by atoms with Crippen molar-refractivity contribution in [1.82, 2.24) is 5.32 Å². The number of nitrogens with one attached hydrogen (secondary N) is 1. The quantitative estimate of drug-likeness (QED) is 0.759. The van der Waals surface area contributed by atoms with Gasteiger partial charge in [0, 0.05) is 18.5 Å². The Balaban J connectivity index is 2.69. The molecule has 72 valence electrons. The molecular formula is C10H13F2N. The second-order valence-electron chi connectivity index (χ2n) is 2.92. The van der Waals surface area contributed by atoms with Gasteiger partial charge in [0.2, 0.25) is 0 Å². The van der Waals surface area contributed by atoms with Gasteiger partial charge in [-0.05, 0) is 7.05 Å². The fourth-order valence-corrected chi connectivity index (χ4v) is 1.11. The second kappa shape index (κ2) is 4.33. The molecule has 0 radical (unpaired) electrons. The summed E-state index contributed by atoms with van der Waals surface area (Å²) in [6.45, 7) is 0.321. The van der Waals surface area contributed by atoms with Crippen molar-refractivity contribution in [3.63, 3.8) is 0 Å². The summed E-state index contributed by atoms with van der Waals surface area (Å²) in [6, 6.07) is 7.90. The van der Waals surface area contributed by atoms with Crippen LogP contribution in [0, 0.1) is 0 Å². The molecule has 3 heteroatoms. The van der Waals surface area contributed by atoms with E-state index in [1.54, 1.807) is 25.2 Å². The van der Waals surface area contributed by atoms with Crippen LogP contribution in [0.15, 0.2) is 30.3 Å². The van der Waals surface area contributed by atoms with Crippen molar-refractivity contribution in [3.8, 4) is 0 Å². The van der Waals surface area contributed by atoms with E-state index in [0.29, 0.717) is 6.54 Å². The lowest BCUT2D eigenvalue weighted by atomic mass is 10.1. The Morgan fingerprint density at radius 3 is 2.38 bits per heavy atom. The Bertz CT molecular complexity index is 246. The van der Waals surface area contributed by atoms with Gasteiger partial charge < -0.3 is 5.32 Å². The molecule has 1 nitrogen and oxygen atoms in total. The van der Waals surface area contributed by atoms with E-state index in [1.165, 1.54) is 12.1 Å². The normalized spacial score (nSPS) is 11.6. The fraction of sp³-hybridized carbons (Fsp3) is 0.400. The highest BCUT2D eigenvalue weighted by molar-refractivity contribution is 5.19. The lowest BCUT2D eigenvalue weighted by Gasteiger charge is -2.15. The van der Waals surface area contributed by atoms with Gasteiger partial charge in [0.15, 0.2) is 0 Å². The van der Waals surface area contributed by atoms with E-state index in [1.807, 2.05) is 0 Å². The third kappa shape index (κ3) is 2.77. The summed E-state index contributed by atoms with van der Waals surface area (Å²) in [5.41, 5.74) is 0.0882. The highest BCUT2D eigenvalue weighted by Crippen LogP contribution is 2.30. The first-order chi connectivity index (χ1) is 6.17. The monoisotopic (exact) mass is 185 g/mol. The van der Waals surface area contributed by atoms with Gasteiger partial charge in [0.05, 0.1) is 0 Å². The Hall–Kier alpha value is -0.960.